The Morgan fingerprint density at radius 3 is 2.60 bits per heavy atom. The first-order valence-corrected chi connectivity index (χ1v) is 6.55. The van der Waals surface area contributed by atoms with Crippen molar-refractivity contribution in [3.8, 4) is 0 Å². The molecule has 0 spiro atoms. The summed E-state index contributed by atoms with van der Waals surface area (Å²) in [5, 5.41) is 5.98. The van der Waals surface area contributed by atoms with Gasteiger partial charge in [0.25, 0.3) is 0 Å². The Balaban J connectivity index is 2.28. The van der Waals surface area contributed by atoms with Gasteiger partial charge in [0.15, 0.2) is 0 Å². The number of hydrogen-bond donors (Lipinski definition) is 2. The molecule has 0 aliphatic carbocycles. The predicted molar refractivity (Wildman–Crippen MR) is 68.6 cm³/mol. The van der Waals surface area contributed by atoms with Crippen molar-refractivity contribution in [2.75, 3.05) is 0 Å². The van der Waals surface area contributed by atoms with E-state index >= 15 is 0 Å². The summed E-state index contributed by atoms with van der Waals surface area (Å²) in [7, 11) is -0.216. The summed E-state index contributed by atoms with van der Waals surface area (Å²) in [4.78, 5) is 4.93. The second-order valence-electron chi connectivity index (χ2n) is 3.73. The number of aromatic nitrogens is 1. The third kappa shape index (κ3) is 1.33. The smallest absolute Gasteiger partial charge is 0.0467 e. The maximum absolute atomic E-state index is 3.45. The minimum atomic E-state index is -0.216. The van der Waals surface area contributed by atoms with Crippen LogP contribution in [0, 0.1) is 6.92 Å². The van der Waals surface area contributed by atoms with Crippen LogP contribution < -0.4 is 0 Å². The van der Waals surface area contributed by atoms with Crippen molar-refractivity contribution in [2.45, 2.75) is 11.8 Å². The molecule has 0 saturated heterocycles. The highest BCUT2D eigenvalue weighted by atomic mass is 32.2. The van der Waals surface area contributed by atoms with E-state index in [0.717, 1.165) is 0 Å². The summed E-state index contributed by atoms with van der Waals surface area (Å²) >= 11 is 0. The summed E-state index contributed by atoms with van der Waals surface area (Å²) in [5.74, 6) is 0. The molecular formula is C13H13NS. The summed E-state index contributed by atoms with van der Waals surface area (Å²) in [6.45, 7) is 2.16. The molecule has 76 valence electrons. The van der Waals surface area contributed by atoms with Crippen LogP contribution in [0.25, 0.3) is 10.9 Å². The van der Waals surface area contributed by atoms with Gasteiger partial charge < -0.3 is 4.98 Å². The van der Waals surface area contributed by atoms with E-state index in [0.29, 0.717) is 0 Å². The second-order valence-corrected chi connectivity index (χ2v) is 5.59. The van der Waals surface area contributed by atoms with Crippen molar-refractivity contribution in [1.82, 2.24) is 4.98 Å². The molecule has 0 bridgehead atoms. The van der Waals surface area contributed by atoms with E-state index in [1.54, 1.807) is 0 Å². The molecule has 2 heterocycles. The highest BCUT2D eigenvalue weighted by Crippen LogP contribution is 2.47. The van der Waals surface area contributed by atoms with Gasteiger partial charge in [-0.2, -0.15) is 10.9 Å². The van der Waals surface area contributed by atoms with Crippen LogP contribution in [0.4, 0.5) is 0 Å². The van der Waals surface area contributed by atoms with Crippen molar-refractivity contribution in [2.24, 2.45) is 0 Å². The van der Waals surface area contributed by atoms with E-state index in [2.05, 4.69) is 59.1 Å². The molecule has 1 aliphatic heterocycles. The monoisotopic (exact) mass is 215 g/mol. The van der Waals surface area contributed by atoms with Gasteiger partial charge in [-0.3, -0.25) is 0 Å². The maximum Gasteiger partial charge on any atom is 0.0467 e. The molecular weight excluding hydrogens is 202 g/mol. The van der Waals surface area contributed by atoms with Crippen LogP contribution in [0.3, 0.4) is 0 Å². The molecule has 0 radical (unpaired) electrons. The Bertz CT molecular complexity index is 551. The van der Waals surface area contributed by atoms with Gasteiger partial charge in [-0.05, 0) is 23.8 Å². The Hall–Kier alpha value is -1.41. The van der Waals surface area contributed by atoms with Crippen LogP contribution in [0.5, 0.6) is 0 Å². The number of aromatic amines is 1. The number of para-hydroxylation sites is 1. The number of benzene rings is 1. The van der Waals surface area contributed by atoms with Crippen LogP contribution in [0.1, 0.15) is 5.69 Å². The van der Waals surface area contributed by atoms with Crippen LogP contribution in [0.15, 0.2) is 52.1 Å². The Morgan fingerprint density at radius 1 is 1.07 bits per heavy atom. The lowest BCUT2D eigenvalue weighted by molar-refractivity contribution is 1.23. The molecule has 0 atom stereocenters. The molecule has 2 aromatic rings. The number of aryl methyl sites for hydroxylation is 1. The minimum absolute atomic E-state index is 0.216. The van der Waals surface area contributed by atoms with Crippen molar-refractivity contribution >= 4 is 21.8 Å². The molecule has 1 N–H and O–H groups in total. The molecule has 2 heteroatoms. The van der Waals surface area contributed by atoms with Gasteiger partial charge in [0.1, 0.15) is 0 Å². The number of rotatable bonds is 1. The molecule has 0 fully saturated rings. The molecule has 1 aliphatic rings. The summed E-state index contributed by atoms with van der Waals surface area (Å²) in [6.07, 6.45) is 4.29. The highest BCUT2D eigenvalue weighted by molar-refractivity contribution is 8.22. The largest absolute Gasteiger partial charge is 0.358 e. The van der Waals surface area contributed by atoms with Gasteiger partial charge in [-0.25, -0.2) is 0 Å². The Kier molecular flexibility index (Phi) is 1.96. The van der Waals surface area contributed by atoms with Gasteiger partial charge in [-0.1, -0.05) is 30.4 Å². The van der Waals surface area contributed by atoms with Crippen LogP contribution >= 0.6 is 10.9 Å². The van der Waals surface area contributed by atoms with E-state index in [1.165, 1.54) is 21.5 Å². The van der Waals surface area contributed by atoms with Crippen molar-refractivity contribution in [3.05, 3.63) is 52.9 Å². The summed E-state index contributed by atoms with van der Waals surface area (Å²) in [5.41, 5.74) is 2.56. The molecule has 15 heavy (non-hydrogen) atoms. The topological polar surface area (TPSA) is 15.8 Å². The Labute approximate surface area is 91.9 Å². The molecule has 3 rings (SSSR count). The SMILES string of the molecule is Cc1[nH]c2ccccc2c1[SH]1C=CC=C1. The molecule has 1 aromatic heterocycles. The maximum atomic E-state index is 3.45. The first-order chi connectivity index (χ1) is 7.36. The van der Waals surface area contributed by atoms with Gasteiger partial charge >= 0.3 is 0 Å². The lowest BCUT2D eigenvalue weighted by Crippen LogP contribution is -1.76. The average molecular weight is 215 g/mol. The van der Waals surface area contributed by atoms with Crippen LogP contribution in [-0.2, 0) is 0 Å². The van der Waals surface area contributed by atoms with Crippen LogP contribution in [0.2, 0.25) is 0 Å². The zero-order chi connectivity index (χ0) is 10.3. The Morgan fingerprint density at radius 2 is 1.80 bits per heavy atom. The van der Waals surface area contributed by atoms with Crippen molar-refractivity contribution in [3.63, 3.8) is 0 Å². The summed E-state index contributed by atoms with van der Waals surface area (Å²) in [6, 6.07) is 8.54. The van der Waals surface area contributed by atoms with E-state index < -0.39 is 0 Å². The zero-order valence-electron chi connectivity index (χ0n) is 8.57. The normalized spacial score (nSPS) is 16.7. The fraction of sp³-hybridized carbons (Fsp3) is 0.0769. The van der Waals surface area contributed by atoms with Crippen LogP contribution in [-0.4, -0.2) is 4.98 Å². The first-order valence-electron chi connectivity index (χ1n) is 5.07. The molecule has 1 nitrogen and oxygen atoms in total. The van der Waals surface area contributed by atoms with Gasteiger partial charge in [0.2, 0.25) is 0 Å². The zero-order valence-corrected chi connectivity index (χ0v) is 9.46. The lowest BCUT2D eigenvalue weighted by Gasteiger charge is -2.10. The predicted octanol–water partition coefficient (Wildman–Crippen LogP) is 3.88. The lowest BCUT2D eigenvalue weighted by atomic mass is 10.2. The third-order valence-electron chi connectivity index (χ3n) is 2.72. The number of fused-ring (bicyclic) bond motifs is 1. The quantitative estimate of drug-likeness (QED) is 0.672. The molecule has 0 unspecified atom stereocenters. The van der Waals surface area contributed by atoms with E-state index in [1.807, 2.05) is 0 Å². The van der Waals surface area contributed by atoms with Gasteiger partial charge in [0.05, 0.1) is 0 Å². The fourth-order valence-corrected chi connectivity index (χ4v) is 3.96. The number of H-pyrrole nitrogens is 1. The van der Waals surface area contributed by atoms with Gasteiger partial charge in [0, 0.05) is 21.5 Å². The third-order valence-corrected chi connectivity index (χ3v) is 4.80. The molecule has 0 saturated carbocycles. The first kappa shape index (κ1) is 8.86. The molecule has 0 amide bonds. The fourth-order valence-electron chi connectivity index (χ4n) is 2.08. The molecule has 1 aromatic carbocycles. The number of allylic oxidation sites excluding steroid dienone is 2. The number of hydrogen-bond acceptors (Lipinski definition) is 0. The minimum Gasteiger partial charge on any atom is -0.358 e. The average Bonchev–Trinajstić information content (AvgIpc) is 2.82. The van der Waals surface area contributed by atoms with E-state index in [9.17, 15) is 0 Å². The number of nitrogens with one attached hydrogen (secondary N) is 1. The summed E-state index contributed by atoms with van der Waals surface area (Å²) < 4.78 is 0. The van der Waals surface area contributed by atoms with Crippen molar-refractivity contribution < 1.29 is 0 Å². The van der Waals surface area contributed by atoms with E-state index in [-0.39, 0.29) is 10.9 Å². The van der Waals surface area contributed by atoms with Gasteiger partial charge in [-0.15, -0.1) is 0 Å². The van der Waals surface area contributed by atoms with E-state index in [4.69, 9.17) is 0 Å². The van der Waals surface area contributed by atoms with Crippen molar-refractivity contribution in [1.29, 1.82) is 0 Å². The second kappa shape index (κ2) is 3.31. The highest BCUT2D eigenvalue weighted by Gasteiger charge is 2.12. The number of thiol groups is 1. The standard InChI is InChI=1S/C13H13NS/c1-10-13(15-8-4-5-9-15)11-6-2-3-7-12(11)14-10/h2-9,14-15H,1H3.